The van der Waals surface area contributed by atoms with E-state index in [1.54, 1.807) is 19.2 Å². The van der Waals surface area contributed by atoms with E-state index in [4.69, 9.17) is 10.5 Å². The summed E-state index contributed by atoms with van der Waals surface area (Å²) in [5.74, 6) is 5.09. The van der Waals surface area contributed by atoms with Gasteiger partial charge in [-0.3, -0.25) is 4.90 Å². The van der Waals surface area contributed by atoms with Gasteiger partial charge in [0.05, 0.1) is 18.7 Å². The molecule has 2 N–H and O–H groups in total. The van der Waals surface area contributed by atoms with Gasteiger partial charge >= 0.3 is 0 Å². The molecule has 0 aromatic heterocycles. The molecule has 0 aliphatic heterocycles. The Kier molecular flexibility index (Phi) is 6.37. The number of likely N-dealkylation sites (N-methyl/N-ethyl adjacent to an activating group) is 1. The molecule has 4 heteroatoms. The van der Waals surface area contributed by atoms with E-state index in [1.807, 2.05) is 7.05 Å². The molecule has 98 valence electrons. The number of hydrogen-bond donors (Lipinski definition) is 1. The van der Waals surface area contributed by atoms with Crippen molar-refractivity contribution >= 4 is 0 Å². The van der Waals surface area contributed by atoms with Gasteiger partial charge in [-0.05, 0) is 24.7 Å². The van der Waals surface area contributed by atoms with Crippen LogP contribution in [0.3, 0.4) is 0 Å². The monoisotopic (exact) mass is 250 g/mol. The van der Waals surface area contributed by atoms with Crippen LogP contribution in [-0.2, 0) is 11.3 Å². The predicted octanol–water partition coefficient (Wildman–Crippen LogP) is 1.21. The van der Waals surface area contributed by atoms with E-state index in [9.17, 15) is 4.39 Å². The molecule has 0 spiro atoms. The highest BCUT2D eigenvalue weighted by Gasteiger charge is 2.04. The summed E-state index contributed by atoms with van der Waals surface area (Å²) in [4.78, 5) is 2.11. The Morgan fingerprint density at radius 2 is 2.22 bits per heavy atom. The first-order valence-corrected chi connectivity index (χ1v) is 5.82. The number of methoxy groups -OCH3 is 1. The molecule has 0 fully saturated rings. The third-order valence-corrected chi connectivity index (χ3v) is 2.49. The van der Waals surface area contributed by atoms with Gasteiger partial charge in [0.1, 0.15) is 5.82 Å². The van der Waals surface area contributed by atoms with E-state index < -0.39 is 0 Å². The molecule has 0 saturated carbocycles. The smallest absolute Gasteiger partial charge is 0.138 e. The lowest BCUT2D eigenvalue weighted by Crippen LogP contribution is -2.22. The minimum absolute atomic E-state index is 0.234. The van der Waals surface area contributed by atoms with Crippen molar-refractivity contribution in [3.63, 3.8) is 0 Å². The average Bonchev–Trinajstić information content (AvgIpc) is 2.37. The summed E-state index contributed by atoms with van der Waals surface area (Å²) < 4.78 is 18.5. The molecule has 1 aromatic rings. The minimum atomic E-state index is -0.306. The molecule has 1 rings (SSSR count). The van der Waals surface area contributed by atoms with Crippen molar-refractivity contribution in [3.8, 4) is 11.8 Å². The Bertz CT molecular complexity index is 437. The zero-order valence-electron chi connectivity index (χ0n) is 10.9. The summed E-state index contributed by atoms with van der Waals surface area (Å²) in [6, 6.07) is 4.98. The van der Waals surface area contributed by atoms with Crippen LogP contribution in [-0.4, -0.2) is 38.8 Å². The van der Waals surface area contributed by atoms with Crippen LogP contribution in [0, 0.1) is 17.7 Å². The highest BCUT2D eigenvalue weighted by atomic mass is 19.1. The molecular weight excluding hydrogens is 231 g/mol. The van der Waals surface area contributed by atoms with Crippen molar-refractivity contribution < 1.29 is 9.13 Å². The van der Waals surface area contributed by atoms with Crippen LogP contribution in [0.15, 0.2) is 18.2 Å². The lowest BCUT2D eigenvalue weighted by molar-refractivity contribution is 0.158. The number of nitrogens with zero attached hydrogens (tertiary/aromatic N) is 1. The molecule has 0 aliphatic rings. The SMILES string of the molecule is COCCN(C)Cc1ccc(F)c(C#CCN)c1. The van der Waals surface area contributed by atoms with Gasteiger partial charge in [-0.15, -0.1) is 0 Å². The second-order valence-corrected chi connectivity index (χ2v) is 4.05. The second kappa shape index (κ2) is 7.83. The molecule has 18 heavy (non-hydrogen) atoms. The molecular formula is C14H19FN2O. The van der Waals surface area contributed by atoms with Crippen LogP contribution in [0.1, 0.15) is 11.1 Å². The van der Waals surface area contributed by atoms with E-state index in [-0.39, 0.29) is 12.4 Å². The Balaban J connectivity index is 2.72. The van der Waals surface area contributed by atoms with Crippen LogP contribution in [0.4, 0.5) is 4.39 Å². The fourth-order valence-electron chi connectivity index (χ4n) is 1.55. The fraction of sp³-hybridized carbons (Fsp3) is 0.429. The first-order chi connectivity index (χ1) is 8.67. The lowest BCUT2D eigenvalue weighted by Gasteiger charge is -2.16. The summed E-state index contributed by atoms with van der Waals surface area (Å²) in [6.45, 7) is 2.48. The third-order valence-electron chi connectivity index (χ3n) is 2.49. The maximum Gasteiger partial charge on any atom is 0.138 e. The number of nitrogens with two attached hydrogens (primary N) is 1. The van der Waals surface area contributed by atoms with Gasteiger partial charge in [0.2, 0.25) is 0 Å². The van der Waals surface area contributed by atoms with E-state index in [1.165, 1.54) is 6.07 Å². The van der Waals surface area contributed by atoms with Crippen molar-refractivity contribution in [2.24, 2.45) is 5.73 Å². The van der Waals surface area contributed by atoms with E-state index in [2.05, 4.69) is 16.7 Å². The normalized spacial score (nSPS) is 10.3. The van der Waals surface area contributed by atoms with E-state index >= 15 is 0 Å². The van der Waals surface area contributed by atoms with Gasteiger partial charge in [0.25, 0.3) is 0 Å². The zero-order valence-corrected chi connectivity index (χ0v) is 10.9. The second-order valence-electron chi connectivity index (χ2n) is 4.05. The van der Waals surface area contributed by atoms with Crippen molar-refractivity contribution in [2.45, 2.75) is 6.54 Å². The third kappa shape index (κ3) is 4.84. The van der Waals surface area contributed by atoms with Crippen LogP contribution in [0.5, 0.6) is 0 Å². The Morgan fingerprint density at radius 1 is 1.44 bits per heavy atom. The lowest BCUT2D eigenvalue weighted by atomic mass is 10.1. The van der Waals surface area contributed by atoms with Gasteiger partial charge in [-0.1, -0.05) is 17.9 Å². The molecule has 0 atom stereocenters. The number of hydrogen-bond acceptors (Lipinski definition) is 3. The van der Waals surface area contributed by atoms with Crippen LogP contribution in [0.25, 0.3) is 0 Å². The number of halogens is 1. The van der Waals surface area contributed by atoms with Gasteiger partial charge in [0, 0.05) is 20.2 Å². The van der Waals surface area contributed by atoms with Gasteiger partial charge in [-0.25, -0.2) is 4.39 Å². The molecule has 0 bridgehead atoms. The number of rotatable bonds is 5. The predicted molar refractivity (Wildman–Crippen MR) is 70.5 cm³/mol. The van der Waals surface area contributed by atoms with Crippen LogP contribution >= 0.6 is 0 Å². The minimum Gasteiger partial charge on any atom is -0.383 e. The average molecular weight is 250 g/mol. The Hall–Kier alpha value is -1.41. The standard InChI is InChI=1S/C14H19FN2O/c1-17(8-9-18-2)11-12-5-6-14(15)13(10-12)4-3-7-16/h5-6,10H,7-9,11,16H2,1-2H3. The molecule has 0 saturated heterocycles. The molecule has 0 unspecified atom stereocenters. The van der Waals surface area contributed by atoms with Crippen molar-refractivity contribution in [2.75, 3.05) is 33.9 Å². The molecule has 1 aromatic carbocycles. The maximum atomic E-state index is 13.5. The summed E-state index contributed by atoms with van der Waals surface area (Å²) in [5.41, 5.74) is 6.71. The van der Waals surface area contributed by atoms with Crippen LogP contribution in [0.2, 0.25) is 0 Å². The van der Waals surface area contributed by atoms with Crippen molar-refractivity contribution in [1.29, 1.82) is 0 Å². The van der Waals surface area contributed by atoms with Crippen LogP contribution < -0.4 is 5.73 Å². The zero-order chi connectivity index (χ0) is 13.4. The molecule has 0 heterocycles. The first kappa shape index (κ1) is 14.7. The summed E-state index contributed by atoms with van der Waals surface area (Å²) in [5, 5.41) is 0. The van der Waals surface area contributed by atoms with Gasteiger partial charge < -0.3 is 10.5 Å². The van der Waals surface area contributed by atoms with Gasteiger partial charge in [-0.2, -0.15) is 0 Å². The Morgan fingerprint density at radius 3 is 2.89 bits per heavy atom. The van der Waals surface area contributed by atoms with Crippen molar-refractivity contribution in [1.82, 2.24) is 4.90 Å². The largest absolute Gasteiger partial charge is 0.383 e. The Labute approximate surface area is 108 Å². The first-order valence-electron chi connectivity index (χ1n) is 5.82. The quantitative estimate of drug-likeness (QED) is 0.798. The van der Waals surface area contributed by atoms with Gasteiger partial charge in [0.15, 0.2) is 0 Å². The fourth-order valence-corrected chi connectivity index (χ4v) is 1.55. The molecule has 0 radical (unpaired) electrons. The van der Waals surface area contributed by atoms with E-state index in [0.29, 0.717) is 12.2 Å². The van der Waals surface area contributed by atoms with Crippen molar-refractivity contribution in [3.05, 3.63) is 35.1 Å². The summed E-state index contributed by atoms with van der Waals surface area (Å²) in [7, 11) is 3.67. The number of ether oxygens (including phenoxy) is 1. The maximum absolute atomic E-state index is 13.5. The van der Waals surface area contributed by atoms with E-state index in [0.717, 1.165) is 18.7 Å². The number of benzene rings is 1. The summed E-state index contributed by atoms with van der Waals surface area (Å²) >= 11 is 0. The topological polar surface area (TPSA) is 38.5 Å². The molecule has 3 nitrogen and oxygen atoms in total. The molecule has 0 aliphatic carbocycles. The summed E-state index contributed by atoms with van der Waals surface area (Å²) in [6.07, 6.45) is 0. The highest BCUT2D eigenvalue weighted by Crippen LogP contribution is 2.11. The highest BCUT2D eigenvalue weighted by molar-refractivity contribution is 5.38. The molecule has 0 amide bonds.